The standard InChI is InChI=1S/C19H28N2O2/c1-3-16-13-17-7-10-21(15(2)22)18(17)14-19(16)23-12-11-20-8-5-4-6-9-20/h13-14H,3-12H2,1-2H3. The lowest BCUT2D eigenvalue weighted by Crippen LogP contribution is -2.33. The van der Waals surface area contributed by atoms with Crippen molar-refractivity contribution in [3.63, 3.8) is 0 Å². The second-order valence-corrected chi connectivity index (χ2v) is 6.61. The van der Waals surface area contributed by atoms with E-state index in [0.29, 0.717) is 0 Å². The molecule has 0 unspecified atom stereocenters. The van der Waals surface area contributed by atoms with Crippen molar-refractivity contribution >= 4 is 11.6 Å². The molecule has 0 N–H and O–H groups in total. The van der Waals surface area contributed by atoms with Crippen molar-refractivity contribution in [1.82, 2.24) is 4.90 Å². The molecule has 1 fully saturated rings. The van der Waals surface area contributed by atoms with Gasteiger partial charge >= 0.3 is 0 Å². The van der Waals surface area contributed by atoms with E-state index in [-0.39, 0.29) is 5.91 Å². The zero-order valence-electron chi connectivity index (χ0n) is 14.4. The van der Waals surface area contributed by atoms with Gasteiger partial charge in [0.15, 0.2) is 0 Å². The van der Waals surface area contributed by atoms with Crippen LogP contribution in [0.15, 0.2) is 12.1 Å². The van der Waals surface area contributed by atoms with Gasteiger partial charge < -0.3 is 9.64 Å². The molecule has 2 heterocycles. The quantitative estimate of drug-likeness (QED) is 0.837. The zero-order chi connectivity index (χ0) is 16.2. The van der Waals surface area contributed by atoms with Crippen molar-refractivity contribution < 1.29 is 9.53 Å². The molecule has 2 aliphatic heterocycles. The van der Waals surface area contributed by atoms with E-state index in [1.165, 1.54) is 43.5 Å². The monoisotopic (exact) mass is 316 g/mol. The van der Waals surface area contributed by atoms with Crippen molar-refractivity contribution in [3.05, 3.63) is 23.3 Å². The van der Waals surface area contributed by atoms with Crippen LogP contribution in [0.4, 0.5) is 5.69 Å². The Labute approximate surface area is 139 Å². The van der Waals surface area contributed by atoms with Gasteiger partial charge in [-0.3, -0.25) is 9.69 Å². The number of benzene rings is 1. The van der Waals surface area contributed by atoms with Gasteiger partial charge in [0.25, 0.3) is 0 Å². The lowest BCUT2D eigenvalue weighted by molar-refractivity contribution is -0.116. The number of hydrogen-bond acceptors (Lipinski definition) is 3. The molecule has 0 saturated carbocycles. The first-order valence-corrected chi connectivity index (χ1v) is 8.98. The van der Waals surface area contributed by atoms with E-state index in [2.05, 4.69) is 24.0 Å². The van der Waals surface area contributed by atoms with Crippen LogP contribution in [0.25, 0.3) is 0 Å². The molecule has 1 saturated heterocycles. The Morgan fingerprint density at radius 1 is 1.17 bits per heavy atom. The highest BCUT2D eigenvalue weighted by atomic mass is 16.5. The van der Waals surface area contributed by atoms with Crippen LogP contribution >= 0.6 is 0 Å². The average Bonchev–Trinajstić information content (AvgIpc) is 2.98. The third-order valence-corrected chi connectivity index (χ3v) is 5.03. The number of hydrogen-bond donors (Lipinski definition) is 0. The summed E-state index contributed by atoms with van der Waals surface area (Å²) in [5.41, 5.74) is 3.58. The lowest BCUT2D eigenvalue weighted by atomic mass is 10.1. The van der Waals surface area contributed by atoms with E-state index in [4.69, 9.17) is 4.74 Å². The molecule has 126 valence electrons. The first-order valence-electron chi connectivity index (χ1n) is 8.98. The number of fused-ring (bicyclic) bond motifs is 1. The van der Waals surface area contributed by atoms with E-state index in [0.717, 1.165) is 44.0 Å². The molecule has 0 aliphatic carbocycles. The summed E-state index contributed by atoms with van der Waals surface area (Å²) in [7, 11) is 0. The summed E-state index contributed by atoms with van der Waals surface area (Å²) >= 11 is 0. The molecule has 1 aromatic carbocycles. The molecule has 0 aromatic heterocycles. The van der Waals surface area contributed by atoms with Crippen LogP contribution in [-0.2, 0) is 17.6 Å². The number of carbonyl (C=O) groups excluding carboxylic acids is 1. The van der Waals surface area contributed by atoms with Crippen LogP contribution in [0.2, 0.25) is 0 Å². The summed E-state index contributed by atoms with van der Waals surface area (Å²) in [5.74, 6) is 1.07. The number of nitrogens with zero attached hydrogens (tertiary/aromatic N) is 2. The summed E-state index contributed by atoms with van der Waals surface area (Å²) in [6.45, 7) is 8.72. The summed E-state index contributed by atoms with van der Waals surface area (Å²) < 4.78 is 6.10. The van der Waals surface area contributed by atoms with E-state index in [9.17, 15) is 4.79 Å². The maximum atomic E-state index is 11.8. The summed E-state index contributed by atoms with van der Waals surface area (Å²) in [6.07, 6.45) is 5.91. The van der Waals surface area contributed by atoms with Gasteiger partial charge in [0.05, 0.1) is 5.69 Å². The largest absolute Gasteiger partial charge is 0.492 e. The smallest absolute Gasteiger partial charge is 0.223 e. The van der Waals surface area contributed by atoms with E-state index in [1.54, 1.807) is 6.92 Å². The Morgan fingerprint density at radius 2 is 1.96 bits per heavy atom. The number of piperidine rings is 1. The fourth-order valence-electron chi connectivity index (χ4n) is 3.67. The summed E-state index contributed by atoms with van der Waals surface area (Å²) in [6, 6.07) is 4.31. The summed E-state index contributed by atoms with van der Waals surface area (Å²) in [5, 5.41) is 0. The van der Waals surface area contributed by atoms with E-state index in [1.807, 2.05) is 4.90 Å². The second kappa shape index (κ2) is 7.35. The molecule has 1 amide bonds. The lowest BCUT2D eigenvalue weighted by Gasteiger charge is -2.26. The van der Waals surface area contributed by atoms with Crippen molar-refractivity contribution in [2.75, 3.05) is 37.7 Å². The van der Waals surface area contributed by atoms with E-state index >= 15 is 0 Å². The Hall–Kier alpha value is -1.55. The number of ether oxygens (including phenoxy) is 1. The minimum Gasteiger partial charge on any atom is -0.492 e. The number of aryl methyl sites for hydroxylation is 1. The number of amides is 1. The molecule has 0 radical (unpaired) electrons. The third-order valence-electron chi connectivity index (χ3n) is 5.03. The number of rotatable bonds is 5. The molecule has 23 heavy (non-hydrogen) atoms. The van der Waals surface area contributed by atoms with E-state index < -0.39 is 0 Å². The predicted octanol–water partition coefficient (Wildman–Crippen LogP) is 3.02. The van der Waals surface area contributed by atoms with Gasteiger partial charge in [-0.25, -0.2) is 0 Å². The van der Waals surface area contributed by atoms with Crippen molar-refractivity contribution in [1.29, 1.82) is 0 Å². The number of anilines is 1. The van der Waals surface area contributed by atoms with Gasteiger partial charge in [-0.2, -0.15) is 0 Å². The predicted molar refractivity (Wildman–Crippen MR) is 93.3 cm³/mol. The van der Waals surface area contributed by atoms with Crippen LogP contribution in [-0.4, -0.2) is 43.6 Å². The Balaban J connectivity index is 1.68. The van der Waals surface area contributed by atoms with Gasteiger partial charge in [0.1, 0.15) is 12.4 Å². The molecule has 0 bridgehead atoms. The van der Waals surface area contributed by atoms with Crippen LogP contribution in [0.3, 0.4) is 0 Å². The van der Waals surface area contributed by atoms with Crippen LogP contribution in [0.5, 0.6) is 5.75 Å². The highest BCUT2D eigenvalue weighted by molar-refractivity contribution is 5.94. The van der Waals surface area contributed by atoms with Crippen LogP contribution < -0.4 is 9.64 Å². The van der Waals surface area contributed by atoms with Crippen LogP contribution in [0.1, 0.15) is 44.2 Å². The highest BCUT2D eigenvalue weighted by Crippen LogP contribution is 2.35. The van der Waals surface area contributed by atoms with Gasteiger partial charge in [-0.1, -0.05) is 13.3 Å². The Bertz CT molecular complexity index is 565. The van der Waals surface area contributed by atoms with Crippen molar-refractivity contribution in [3.8, 4) is 5.75 Å². The van der Waals surface area contributed by atoms with Gasteiger partial charge in [-0.15, -0.1) is 0 Å². The highest BCUT2D eigenvalue weighted by Gasteiger charge is 2.24. The second-order valence-electron chi connectivity index (χ2n) is 6.61. The van der Waals surface area contributed by atoms with Gasteiger partial charge in [-0.05, 0) is 56.0 Å². The third kappa shape index (κ3) is 3.69. The SMILES string of the molecule is CCc1cc2c(cc1OCCN1CCCCC1)N(C(C)=O)CC2. The molecular weight excluding hydrogens is 288 g/mol. The minimum atomic E-state index is 0.118. The number of likely N-dealkylation sites (tertiary alicyclic amines) is 1. The first-order chi connectivity index (χ1) is 11.2. The number of carbonyl (C=O) groups is 1. The van der Waals surface area contributed by atoms with Gasteiger partial charge in [0, 0.05) is 26.1 Å². The Morgan fingerprint density at radius 3 is 2.65 bits per heavy atom. The fraction of sp³-hybridized carbons (Fsp3) is 0.632. The molecular formula is C19H28N2O2. The molecule has 2 aliphatic rings. The molecule has 0 atom stereocenters. The zero-order valence-corrected chi connectivity index (χ0v) is 14.4. The first kappa shape index (κ1) is 16.3. The van der Waals surface area contributed by atoms with Crippen molar-refractivity contribution in [2.24, 2.45) is 0 Å². The molecule has 4 heteroatoms. The van der Waals surface area contributed by atoms with Crippen molar-refractivity contribution in [2.45, 2.75) is 46.0 Å². The van der Waals surface area contributed by atoms with Gasteiger partial charge in [0.2, 0.25) is 5.91 Å². The molecule has 4 nitrogen and oxygen atoms in total. The molecule has 0 spiro atoms. The molecule has 3 rings (SSSR count). The molecule has 1 aromatic rings. The fourth-order valence-corrected chi connectivity index (χ4v) is 3.67. The normalized spacial score (nSPS) is 18.1. The maximum Gasteiger partial charge on any atom is 0.223 e. The average molecular weight is 316 g/mol. The van der Waals surface area contributed by atoms with Crippen LogP contribution in [0, 0.1) is 0 Å². The summed E-state index contributed by atoms with van der Waals surface area (Å²) in [4.78, 5) is 16.1. The topological polar surface area (TPSA) is 32.8 Å². The Kier molecular flexibility index (Phi) is 5.21. The maximum absolute atomic E-state index is 11.8. The minimum absolute atomic E-state index is 0.118.